The molecule has 1 aliphatic rings. The van der Waals surface area contributed by atoms with Crippen molar-refractivity contribution in [1.82, 2.24) is 10.2 Å². The van der Waals surface area contributed by atoms with Crippen molar-refractivity contribution in [3.8, 4) is 0 Å². The predicted octanol–water partition coefficient (Wildman–Crippen LogP) is 2.23. The van der Waals surface area contributed by atoms with Gasteiger partial charge in [0.1, 0.15) is 5.60 Å². The number of rotatable bonds is 4. The molecule has 0 saturated carbocycles. The Morgan fingerprint density at radius 2 is 1.96 bits per heavy atom. The van der Waals surface area contributed by atoms with Gasteiger partial charge in [-0.3, -0.25) is 4.79 Å². The van der Waals surface area contributed by atoms with Crippen molar-refractivity contribution in [3.05, 3.63) is 35.9 Å². The van der Waals surface area contributed by atoms with Gasteiger partial charge in [0.15, 0.2) is 6.61 Å². The van der Waals surface area contributed by atoms with Gasteiger partial charge in [-0.15, -0.1) is 0 Å². The average Bonchev–Trinajstić information content (AvgIpc) is 2.77. The molecule has 1 aromatic rings. The van der Waals surface area contributed by atoms with E-state index in [0.29, 0.717) is 0 Å². The number of benzene rings is 1. The Bertz CT molecular complexity index is 578. The van der Waals surface area contributed by atoms with Crippen molar-refractivity contribution in [2.45, 2.75) is 32.4 Å². The third-order valence-electron chi connectivity index (χ3n) is 3.10. The maximum absolute atomic E-state index is 12.0. The van der Waals surface area contributed by atoms with Crippen molar-refractivity contribution in [2.24, 2.45) is 0 Å². The molecule has 1 N–H and O–H groups in total. The standard InChI is InChI=1S/C16H20N2O5/c1-16(2,3)23-14(20)17-12(11-7-5-4-6-8-11)9-18-13(19)10-22-15(18)21/h4-8,12H,9-10H2,1-3H3,(H,17,20)/t12-/m1/s1. The van der Waals surface area contributed by atoms with Gasteiger partial charge in [0, 0.05) is 0 Å². The minimum atomic E-state index is -0.707. The van der Waals surface area contributed by atoms with Crippen LogP contribution >= 0.6 is 0 Å². The third-order valence-corrected chi connectivity index (χ3v) is 3.10. The molecule has 7 nitrogen and oxygen atoms in total. The Kier molecular flexibility index (Phi) is 4.88. The summed E-state index contributed by atoms with van der Waals surface area (Å²) < 4.78 is 9.93. The molecule has 1 heterocycles. The lowest BCUT2D eigenvalue weighted by Gasteiger charge is -2.25. The highest BCUT2D eigenvalue weighted by Crippen LogP contribution is 2.18. The number of alkyl carbamates (subject to hydrolysis) is 1. The number of hydrogen-bond acceptors (Lipinski definition) is 5. The maximum atomic E-state index is 12.0. The van der Waals surface area contributed by atoms with Crippen LogP contribution in [0.25, 0.3) is 0 Å². The Hall–Kier alpha value is -2.57. The van der Waals surface area contributed by atoms with Crippen LogP contribution in [0.5, 0.6) is 0 Å². The van der Waals surface area contributed by atoms with E-state index >= 15 is 0 Å². The summed E-state index contributed by atoms with van der Waals surface area (Å²) >= 11 is 0. The lowest BCUT2D eigenvalue weighted by Crippen LogP contribution is -2.42. The largest absolute Gasteiger partial charge is 0.444 e. The lowest BCUT2D eigenvalue weighted by molar-refractivity contribution is -0.126. The molecule has 1 fully saturated rings. The third kappa shape index (κ3) is 4.70. The summed E-state index contributed by atoms with van der Waals surface area (Å²) in [5.74, 6) is -0.429. The predicted molar refractivity (Wildman–Crippen MR) is 81.6 cm³/mol. The van der Waals surface area contributed by atoms with Crippen LogP contribution < -0.4 is 5.32 Å². The second-order valence-electron chi connectivity index (χ2n) is 6.17. The summed E-state index contributed by atoms with van der Waals surface area (Å²) in [6, 6.07) is 8.47. The summed E-state index contributed by atoms with van der Waals surface area (Å²) in [6.45, 7) is 4.98. The average molecular weight is 320 g/mol. The fraction of sp³-hybridized carbons (Fsp3) is 0.438. The van der Waals surface area contributed by atoms with E-state index in [1.165, 1.54) is 0 Å². The number of nitrogens with zero attached hydrogens (tertiary/aromatic N) is 1. The monoisotopic (exact) mass is 320 g/mol. The minimum Gasteiger partial charge on any atom is -0.444 e. The van der Waals surface area contributed by atoms with Gasteiger partial charge in [-0.05, 0) is 26.3 Å². The van der Waals surface area contributed by atoms with Gasteiger partial charge in [0.05, 0.1) is 12.6 Å². The maximum Gasteiger partial charge on any atom is 0.417 e. The van der Waals surface area contributed by atoms with E-state index in [2.05, 4.69) is 5.32 Å². The minimum absolute atomic E-state index is 0.0130. The van der Waals surface area contributed by atoms with Crippen molar-refractivity contribution < 1.29 is 23.9 Å². The van der Waals surface area contributed by atoms with E-state index in [-0.39, 0.29) is 13.2 Å². The number of ether oxygens (including phenoxy) is 2. The Labute approximate surface area is 134 Å². The molecule has 1 atom stereocenters. The zero-order chi connectivity index (χ0) is 17.0. The molecule has 0 radical (unpaired) electrons. The number of carbonyl (C=O) groups excluding carboxylic acids is 3. The van der Waals surface area contributed by atoms with E-state index in [0.717, 1.165) is 10.5 Å². The molecule has 1 saturated heterocycles. The first-order chi connectivity index (χ1) is 10.8. The van der Waals surface area contributed by atoms with Crippen LogP contribution in [-0.2, 0) is 14.3 Å². The molecule has 0 bridgehead atoms. The number of imide groups is 1. The van der Waals surface area contributed by atoms with Crippen molar-refractivity contribution in [1.29, 1.82) is 0 Å². The molecule has 1 aliphatic heterocycles. The second kappa shape index (κ2) is 6.68. The smallest absolute Gasteiger partial charge is 0.417 e. The molecular weight excluding hydrogens is 300 g/mol. The van der Waals surface area contributed by atoms with Gasteiger partial charge in [0.25, 0.3) is 5.91 Å². The highest BCUT2D eigenvalue weighted by atomic mass is 16.6. The molecule has 0 aromatic heterocycles. The number of nitrogens with one attached hydrogen (secondary N) is 1. The zero-order valence-corrected chi connectivity index (χ0v) is 13.4. The van der Waals surface area contributed by atoms with Crippen LogP contribution in [0.1, 0.15) is 32.4 Å². The first kappa shape index (κ1) is 16.8. The lowest BCUT2D eigenvalue weighted by atomic mass is 10.1. The summed E-state index contributed by atoms with van der Waals surface area (Å²) in [5.41, 5.74) is 0.110. The van der Waals surface area contributed by atoms with Crippen LogP contribution in [0.2, 0.25) is 0 Å². The first-order valence-electron chi connectivity index (χ1n) is 7.28. The molecule has 0 unspecified atom stereocenters. The van der Waals surface area contributed by atoms with Gasteiger partial charge in [-0.25, -0.2) is 14.5 Å². The molecule has 2 rings (SSSR count). The summed E-state index contributed by atoms with van der Waals surface area (Å²) in [4.78, 5) is 36.3. The first-order valence-corrected chi connectivity index (χ1v) is 7.28. The van der Waals surface area contributed by atoms with E-state index in [1.807, 2.05) is 18.2 Å². The Balaban J connectivity index is 2.14. The van der Waals surface area contributed by atoms with Gasteiger partial charge < -0.3 is 14.8 Å². The van der Waals surface area contributed by atoms with Gasteiger partial charge in [-0.2, -0.15) is 0 Å². The van der Waals surface area contributed by atoms with Gasteiger partial charge in [0.2, 0.25) is 0 Å². The quantitative estimate of drug-likeness (QED) is 0.919. The normalized spacial score (nSPS) is 16.0. The Morgan fingerprint density at radius 1 is 1.30 bits per heavy atom. The topological polar surface area (TPSA) is 84.9 Å². The molecule has 7 heteroatoms. The van der Waals surface area contributed by atoms with Crippen LogP contribution in [-0.4, -0.2) is 41.7 Å². The number of cyclic esters (lactones) is 1. The molecule has 124 valence electrons. The van der Waals surface area contributed by atoms with Crippen molar-refractivity contribution >= 4 is 18.1 Å². The number of amides is 3. The van der Waals surface area contributed by atoms with Crippen LogP contribution in [0.15, 0.2) is 30.3 Å². The van der Waals surface area contributed by atoms with E-state index in [4.69, 9.17) is 9.47 Å². The molecule has 0 spiro atoms. The molecule has 0 aliphatic carbocycles. The number of hydrogen-bond donors (Lipinski definition) is 1. The van der Waals surface area contributed by atoms with Crippen LogP contribution in [0, 0.1) is 0 Å². The van der Waals surface area contributed by atoms with Crippen molar-refractivity contribution in [2.75, 3.05) is 13.2 Å². The van der Waals surface area contributed by atoms with Gasteiger partial charge in [-0.1, -0.05) is 30.3 Å². The summed E-state index contributed by atoms with van der Waals surface area (Å²) in [6.07, 6.45) is -1.33. The highest BCUT2D eigenvalue weighted by molar-refractivity contribution is 5.97. The van der Waals surface area contributed by atoms with E-state index < -0.39 is 29.7 Å². The van der Waals surface area contributed by atoms with Crippen molar-refractivity contribution in [3.63, 3.8) is 0 Å². The fourth-order valence-corrected chi connectivity index (χ4v) is 2.11. The second-order valence-corrected chi connectivity index (χ2v) is 6.17. The van der Waals surface area contributed by atoms with Crippen LogP contribution in [0.3, 0.4) is 0 Å². The summed E-state index contributed by atoms with van der Waals surface area (Å²) in [7, 11) is 0. The van der Waals surface area contributed by atoms with Crippen LogP contribution in [0.4, 0.5) is 9.59 Å². The molecular formula is C16H20N2O5. The van der Waals surface area contributed by atoms with E-state index in [9.17, 15) is 14.4 Å². The fourth-order valence-electron chi connectivity index (χ4n) is 2.11. The highest BCUT2D eigenvalue weighted by Gasteiger charge is 2.34. The molecule has 3 amide bonds. The van der Waals surface area contributed by atoms with Gasteiger partial charge >= 0.3 is 12.2 Å². The summed E-state index contributed by atoms with van der Waals surface area (Å²) in [5, 5.41) is 2.70. The molecule has 1 aromatic carbocycles. The van der Waals surface area contributed by atoms with E-state index in [1.54, 1.807) is 32.9 Å². The molecule has 23 heavy (non-hydrogen) atoms. The SMILES string of the molecule is CC(C)(C)OC(=O)N[C@H](CN1C(=O)COC1=O)c1ccccc1. The Morgan fingerprint density at radius 3 is 2.48 bits per heavy atom. The number of carbonyl (C=O) groups is 3. The zero-order valence-electron chi connectivity index (χ0n) is 13.4.